The molecule has 6 heteroatoms. The van der Waals surface area contributed by atoms with E-state index in [4.69, 9.17) is 0 Å². The van der Waals surface area contributed by atoms with E-state index < -0.39 is 0 Å². The summed E-state index contributed by atoms with van der Waals surface area (Å²) in [6, 6.07) is 7.84. The van der Waals surface area contributed by atoms with Crippen LogP contribution in [0, 0.1) is 0 Å². The Hall–Kier alpha value is -2.60. The van der Waals surface area contributed by atoms with E-state index in [1.807, 2.05) is 36.7 Å². The first kappa shape index (κ1) is 17.2. The molecule has 0 fully saturated rings. The molecule has 0 spiro atoms. The van der Waals surface area contributed by atoms with Gasteiger partial charge in [-0.15, -0.1) is 11.3 Å². The second-order valence-corrected chi connectivity index (χ2v) is 6.73. The average molecular weight is 352 g/mol. The van der Waals surface area contributed by atoms with Crippen LogP contribution in [-0.4, -0.2) is 39.4 Å². The molecule has 128 valence electrons. The summed E-state index contributed by atoms with van der Waals surface area (Å²) in [5, 5.41) is 3.02. The minimum Gasteiger partial charge on any atom is -0.345 e. The van der Waals surface area contributed by atoms with Crippen LogP contribution in [0.4, 0.5) is 0 Å². The molecule has 3 aromatic heterocycles. The van der Waals surface area contributed by atoms with Crippen molar-refractivity contribution in [3.8, 4) is 11.3 Å². The minimum absolute atomic E-state index is 0.148. The van der Waals surface area contributed by atoms with Gasteiger partial charge in [-0.05, 0) is 36.2 Å². The van der Waals surface area contributed by atoms with Gasteiger partial charge in [0.05, 0.1) is 10.7 Å². The van der Waals surface area contributed by atoms with Gasteiger partial charge in [-0.3, -0.25) is 14.8 Å². The summed E-state index contributed by atoms with van der Waals surface area (Å²) in [7, 11) is 1.85. The fourth-order valence-electron chi connectivity index (χ4n) is 2.46. The highest BCUT2D eigenvalue weighted by molar-refractivity contribution is 7.09. The second kappa shape index (κ2) is 8.48. The van der Waals surface area contributed by atoms with E-state index in [1.54, 1.807) is 41.0 Å². The summed E-state index contributed by atoms with van der Waals surface area (Å²) in [6.45, 7) is 0.711. The van der Waals surface area contributed by atoms with Crippen LogP contribution in [0.1, 0.15) is 17.0 Å². The van der Waals surface area contributed by atoms with E-state index >= 15 is 0 Å². The number of hydrogen-bond acceptors (Lipinski definition) is 5. The highest BCUT2D eigenvalue weighted by Gasteiger charge is 2.11. The predicted molar refractivity (Wildman–Crippen MR) is 99.2 cm³/mol. The molecule has 0 aliphatic heterocycles. The van der Waals surface area contributed by atoms with E-state index in [9.17, 15) is 4.79 Å². The van der Waals surface area contributed by atoms with Crippen LogP contribution in [0.15, 0.2) is 54.4 Å². The SMILES string of the molecule is CN(CCc1ccncc1)C(=O)CCc1nc(-c2ccncc2)cs1. The maximum absolute atomic E-state index is 12.3. The molecule has 0 saturated heterocycles. The number of aromatic nitrogens is 3. The molecule has 3 rings (SSSR count). The lowest BCUT2D eigenvalue weighted by Gasteiger charge is -2.16. The molecule has 0 N–H and O–H groups in total. The first-order chi connectivity index (χ1) is 12.2. The smallest absolute Gasteiger partial charge is 0.222 e. The van der Waals surface area contributed by atoms with Crippen molar-refractivity contribution in [2.45, 2.75) is 19.3 Å². The normalized spacial score (nSPS) is 10.6. The minimum atomic E-state index is 0.148. The lowest BCUT2D eigenvalue weighted by Crippen LogP contribution is -2.29. The van der Waals surface area contributed by atoms with Gasteiger partial charge < -0.3 is 4.90 Å². The lowest BCUT2D eigenvalue weighted by atomic mass is 10.2. The van der Waals surface area contributed by atoms with Crippen molar-refractivity contribution in [1.29, 1.82) is 0 Å². The molecule has 0 atom stereocenters. The van der Waals surface area contributed by atoms with Gasteiger partial charge in [0.2, 0.25) is 5.91 Å². The fourth-order valence-corrected chi connectivity index (χ4v) is 3.26. The predicted octanol–water partition coefficient (Wildman–Crippen LogP) is 3.23. The van der Waals surface area contributed by atoms with Crippen LogP contribution in [0.25, 0.3) is 11.3 Å². The molecule has 0 bridgehead atoms. The molecule has 0 radical (unpaired) electrons. The van der Waals surface area contributed by atoms with Crippen LogP contribution >= 0.6 is 11.3 Å². The lowest BCUT2D eigenvalue weighted by molar-refractivity contribution is -0.129. The van der Waals surface area contributed by atoms with Crippen molar-refractivity contribution in [3.63, 3.8) is 0 Å². The van der Waals surface area contributed by atoms with E-state index in [-0.39, 0.29) is 5.91 Å². The number of carbonyl (C=O) groups is 1. The Kier molecular flexibility index (Phi) is 5.85. The maximum Gasteiger partial charge on any atom is 0.222 e. The summed E-state index contributed by atoms with van der Waals surface area (Å²) < 4.78 is 0. The molecule has 0 aliphatic rings. The third-order valence-electron chi connectivity index (χ3n) is 3.99. The topological polar surface area (TPSA) is 59.0 Å². The van der Waals surface area contributed by atoms with Crippen molar-refractivity contribution in [2.75, 3.05) is 13.6 Å². The Balaban J connectivity index is 1.48. The van der Waals surface area contributed by atoms with Crippen LogP contribution < -0.4 is 0 Å². The first-order valence-electron chi connectivity index (χ1n) is 8.20. The Labute approximate surface area is 151 Å². The van der Waals surface area contributed by atoms with Gasteiger partial charge in [-0.1, -0.05) is 0 Å². The third-order valence-corrected chi connectivity index (χ3v) is 4.90. The molecular formula is C19H20N4OS. The van der Waals surface area contributed by atoms with Gasteiger partial charge in [0.15, 0.2) is 0 Å². The van der Waals surface area contributed by atoms with E-state index in [2.05, 4.69) is 15.0 Å². The average Bonchev–Trinajstić information content (AvgIpc) is 3.15. The number of amides is 1. The van der Waals surface area contributed by atoms with E-state index in [0.29, 0.717) is 19.4 Å². The van der Waals surface area contributed by atoms with Crippen LogP contribution in [0.5, 0.6) is 0 Å². The molecule has 0 aromatic carbocycles. The third kappa shape index (κ3) is 4.93. The Morgan fingerprint density at radius 2 is 1.72 bits per heavy atom. The van der Waals surface area contributed by atoms with E-state index in [1.165, 1.54) is 5.56 Å². The number of nitrogens with zero attached hydrogens (tertiary/aromatic N) is 4. The second-order valence-electron chi connectivity index (χ2n) is 5.78. The largest absolute Gasteiger partial charge is 0.345 e. The zero-order valence-electron chi connectivity index (χ0n) is 14.1. The standard InChI is InChI=1S/C19H20N4OS/c1-23(13-8-15-4-9-20-10-5-15)19(24)3-2-18-22-17(14-25-18)16-6-11-21-12-7-16/h4-7,9-12,14H,2-3,8,13H2,1H3. The van der Waals surface area contributed by atoms with Gasteiger partial charge in [0.25, 0.3) is 0 Å². The fraction of sp³-hybridized carbons (Fsp3) is 0.263. The summed E-state index contributed by atoms with van der Waals surface area (Å²) >= 11 is 1.60. The van der Waals surface area contributed by atoms with Gasteiger partial charge in [-0.25, -0.2) is 4.98 Å². The number of hydrogen-bond donors (Lipinski definition) is 0. The number of rotatable bonds is 7. The maximum atomic E-state index is 12.3. The quantitative estimate of drug-likeness (QED) is 0.655. The Bertz CT molecular complexity index is 805. The van der Waals surface area contributed by atoms with Crippen LogP contribution in [0.3, 0.4) is 0 Å². The number of carbonyl (C=O) groups excluding carboxylic acids is 1. The Morgan fingerprint density at radius 1 is 1.04 bits per heavy atom. The zero-order chi connectivity index (χ0) is 17.5. The molecule has 1 amide bonds. The highest BCUT2D eigenvalue weighted by atomic mass is 32.1. The zero-order valence-corrected chi connectivity index (χ0v) is 14.9. The summed E-state index contributed by atoms with van der Waals surface area (Å²) in [6.07, 6.45) is 9.07. The van der Waals surface area contributed by atoms with Crippen molar-refractivity contribution in [2.24, 2.45) is 0 Å². The molecule has 0 saturated carbocycles. The molecule has 0 aliphatic carbocycles. The van der Waals surface area contributed by atoms with Crippen molar-refractivity contribution in [3.05, 3.63) is 65.0 Å². The number of thiazole rings is 1. The van der Waals surface area contributed by atoms with Crippen molar-refractivity contribution in [1.82, 2.24) is 19.9 Å². The molecule has 3 heterocycles. The number of pyridine rings is 2. The van der Waals surface area contributed by atoms with Crippen molar-refractivity contribution < 1.29 is 4.79 Å². The first-order valence-corrected chi connectivity index (χ1v) is 9.08. The number of likely N-dealkylation sites (N-methyl/N-ethyl adjacent to an activating group) is 1. The monoisotopic (exact) mass is 352 g/mol. The summed E-state index contributed by atoms with van der Waals surface area (Å²) in [5.41, 5.74) is 3.19. The van der Waals surface area contributed by atoms with E-state index in [0.717, 1.165) is 22.7 Å². The summed E-state index contributed by atoms with van der Waals surface area (Å²) in [5.74, 6) is 0.148. The number of aryl methyl sites for hydroxylation is 1. The molecular weight excluding hydrogens is 332 g/mol. The van der Waals surface area contributed by atoms with Gasteiger partial charge in [-0.2, -0.15) is 0 Å². The van der Waals surface area contributed by atoms with Gasteiger partial charge >= 0.3 is 0 Å². The van der Waals surface area contributed by atoms with Crippen LogP contribution in [0.2, 0.25) is 0 Å². The molecule has 5 nitrogen and oxygen atoms in total. The highest BCUT2D eigenvalue weighted by Crippen LogP contribution is 2.22. The summed E-state index contributed by atoms with van der Waals surface area (Å²) in [4.78, 5) is 26.7. The van der Waals surface area contributed by atoms with Crippen LogP contribution in [-0.2, 0) is 17.6 Å². The molecule has 3 aromatic rings. The van der Waals surface area contributed by atoms with Gasteiger partial charge in [0.1, 0.15) is 0 Å². The van der Waals surface area contributed by atoms with Crippen molar-refractivity contribution >= 4 is 17.2 Å². The Morgan fingerprint density at radius 3 is 2.44 bits per heavy atom. The molecule has 0 unspecified atom stereocenters. The van der Waals surface area contributed by atoms with Gasteiger partial charge in [0, 0.05) is 62.2 Å². The molecule has 25 heavy (non-hydrogen) atoms.